The largest absolute Gasteiger partial charge is 0.438 e. The van der Waals surface area contributed by atoms with E-state index in [-0.39, 0.29) is 35.1 Å². The van der Waals surface area contributed by atoms with Gasteiger partial charge in [0, 0.05) is 24.7 Å². The summed E-state index contributed by atoms with van der Waals surface area (Å²) < 4.78 is 66.0. The van der Waals surface area contributed by atoms with Crippen LogP contribution in [-0.2, 0) is 6.42 Å². The number of hydrogen-bond donors (Lipinski definition) is 1. The van der Waals surface area contributed by atoms with Crippen LogP contribution in [0, 0.1) is 11.6 Å². The summed E-state index contributed by atoms with van der Waals surface area (Å²) in [7, 11) is 0. The molecule has 0 aliphatic carbocycles. The van der Waals surface area contributed by atoms with Crippen LogP contribution in [0.3, 0.4) is 0 Å². The molecule has 0 saturated carbocycles. The molecule has 0 saturated heterocycles. The highest BCUT2D eigenvalue weighted by molar-refractivity contribution is 5.93. The van der Waals surface area contributed by atoms with Gasteiger partial charge >= 0.3 is 0 Å². The molecule has 1 aromatic carbocycles. The zero-order valence-corrected chi connectivity index (χ0v) is 18.1. The second-order valence-electron chi connectivity index (χ2n) is 7.98. The van der Waals surface area contributed by atoms with E-state index in [2.05, 4.69) is 24.9 Å². The number of rotatable bonds is 4. The Bertz CT molecular complexity index is 1590. The quantitative estimate of drug-likeness (QED) is 0.360. The molecule has 0 bridgehead atoms. The Morgan fingerprint density at radius 1 is 1.08 bits per heavy atom. The van der Waals surface area contributed by atoms with Gasteiger partial charge in [0.25, 0.3) is 12.3 Å². The lowest BCUT2D eigenvalue weighted by Gasteiger charge is -2.32. The van der Waals surface area contributed by atoms with Crippen molar-refractivity contribution in [3.63, 3.8) is 0 Å². The van der Waals surface area contributed by atoms with Crippen LogP contribution in [0.1, 0.15) is 46.0 Å². The van der Waals surface area contributed by atoms with Crippen LogP contribution in [0.5, 0.6) is 0 Å². The molecular weight excluding hydrogens is 484 g/mol. The number of pyridine rings is 1. The summed E-state index contributed by atoms with van der Waals surface area (Å²) in [6, 6.07) is 5.03. The molecule has 36 heavy (non-hydrogen) atoms. The van der Waals surface area contributed by atoms with Crippen LogP contribution in [0.25, 0.3) is 22.7 Å². The lowest BCUT2D eigenvalue weighted by molar-refractivity contribution is 0.0621. The molecule has 5 heterocycles. The highest BCUT2D eigenvalue weighted by atomic mass is 19.3. The number of aromatic nitrogens is 5. The fraction of sp³-hybridized carbons (Fsp3) is 0.174. The van der Waals surface area contributed by atoms with E-state index >= 15 is 0 Å². The number of hydrogen-bond acceptors (Lipinski definition) is 7. The second kappa shape index (κ2) is 8.29. The van der Waals surface area contributed by atoms with Crippen LogP contribution >= 0.6 is 0 Å². The zero-order chi connectivity index (χ0) is 25.0. The Morgan fingerprint density at radius 2 is 1.92 bits per heavy atom. The van der Waals surface area contributed by atoms with E-state index in [9.17, 15) is 22.4 Å². The lowest BCUT2D eigenvalue weighted by Crippen LogP contribution is -2.41. The number of carbonyl (C=O) groups excluding carboxylic acids is 1. The highest BCUT2D eigenvalue weighted by Gasteiger charge is 2.41. The number of nitrogens with zero attached hydrogens (tertiary/aromatic N) is 5. The van der Waals surface area contributed by atoms with E-state index in [0.717, 1.165) is 12.3 Å². The van der Waals surface area contributed by atoms with E-state index in [1.54, 1.807) is 0 Å². The smallest absolute Gasteiger partial charge is 0.292 e. The van der Waals surface area contributed by atoms with E-state index in [1.807, 2.05) is 0 Å². The maximum atomic E-state index is 13.9. The average molecular weight is 498 g/mol. The highest BCUT2D eigenvalue weighted by Crippen LogP contribution is 2.37. The van der Waals surface area contributed by atoms with Crippen molar-refractivity contribution in [2.45, 2.75) is 18.9 Å². The molecule has 0 radical (unpaired) electrons. The Kier molecular flexibility index (Phi) is 5.05. The summed E-state index contributed by atoms with van der Waals surface area (Å²) in [5, 5.41) is 0. The van der Waals surface area contributed by atoms with Crippen LogP contribution in [0.4, 0.5) is 17.6 Å². The first kappa shape index (κ1) is 21.9. The predicted molar refractivity (Wildman–Crippen MR) is 114 cm³/mol. The summed E-state index contributed by atoms with van der Waals surface area (Å²) in [4.78, 5) is 34.0. The van der Waals surface area contributed by atoms with Gasteiger partial charge in [-0.2, -0.15) is 0 Å². The number of carbonyl (C=O) groups is 1. The third-order valence-electron chi connectivity index (χ3n) is 5.79. The summed E-state index contributed by atoms with van der Waals surface area (Å²) in [5.74, 6) is -3.10. The molecule has 182 valence electrons. The fourth-order valence-corrected chi connectivity index (χ4v) is 4.16. The average Bonchev–Trinajstić information content (AvgIpc) is 3.60. The van der Waals surface area contributed by atoms with Gasteiger partial charge in [-0.15, -0.1) is 0 Å². The first-order valence-electron chi connectivity index (χ1n) is 10.7. The number of amides is 1. The molecule has 1 amide bonds. The minimum absolute atomic E-state index is 0.0236. The Balaban J connectivity index is 1.44. The van der Waals surface area contributed by atoms with E-state index in [0.29, 0.717) is 17.8 Å². The third-order valence-corrected chi connectivity index (χ3v) is 5.79. The van der Waals surface area contributed by atoms with E-state index in [4.69, 9.17) is 8.83 Å². The molecule has 4 aromatic heterocycles. The Hall–Kier alpha value is -4.55. The topological polar surface area (TPSA) is 114 Å². The van der Waals surface area contributed by atoms with Gasteiger partial charge in [-0.1, -0.05) is 0 Å². The number of alkyl halides is 2. The molecule has 9 nitrogen and oxygen atoms in total. The predicted octanol–water partition coefficient (Wildman–Crippen LogP) is 4.60. The zero-order valence-electron chi connectivity index (χ0n) is 18.1. The van der Waals surface area contributed by atoms with Gasteiger partial charge in [-0.3, -0.25) is 4.79 Å². The first-order chi connectivity index (χ1) is 17.4. The van der Waals surface area contributed by atoms with Crippen molar-refractivity contribution in [2.75, 3.05) is 6.54 Å². The van der Waals surface area contributed by atoms with Gasteiger partial charge in [0.15, 0.2) is 17.3 Å². The number of nitrogens with one attached hydrogen (secondary N) is 1. The summed E-state index contributed by atoms with van der Waals surface area (Å²) in [6.07, 6.45) is -0.486. The van der Waals surface area contributed by atoms with Crippen LogP contribution < -0.4 is 0 Å². The number of fused-ring (bicyclic) bond motifs is 2. The van der Waals surface area contributed by atoms with Crippen molar-refractivity contribution in [1.29, 1.82) is 0 Å². The van der Waals surface area contributed by atoms with Gasteiger partial charge in [0.1, 0.15) is 22.8 Å². The number of benzene rings is 1. The number of imidazole rings is 1. The van der Waals surface area contributed by atoms with Gasteiger partial charge in [0.2, 0.25) is 17.5 Å². The Labute approximate surface area is 198 Å². The van der Waals surface area contributed by atoms with E-state index in [1.165, 1.54) is 35.5 Å². The summed E-state index contributed by atoms with van der Waals surface area (Å²) in [6.45, 7) is 0.0826. The van der Waals surface area contributed by atoms with Gasteiger partial charge in [-0.05, 0) is 24.3 Å². The third kappa shape index (κ3) is 3.59. The summed E-state index contributed by atoms with van der Waals surface area (Å²) >= 11 is 0. The van der Waals surface area contributed by atoms with Crippen molar-refractivity contribution < 1.29 is 31.2 Å². The van der Waals surface area contributed by atoms with Crippen LogP contribution in [0.2, 0.25) is 0 Å². The molecule has 1 N–H and O–H groups in total. The molecule has 5 aromatic rings. The molecule has 1 aliphatic heterocycles. The maximum Gasteiger partial charge on any atom is 0.292 e. The molecule has 1 atom stereocenters. The number of oxazole rings is 2. The maximum absolute atomic E-state index is 13.9. The molecule has 13 heteroatoms. The van der Waals surface area contributed by atoms with Crippen molar-refractivity contribution in [1.82, 2.24) is 29.8 Å². The van der Waals surface area contributed by atoms with Crippen molar-refractivity contribution in [3.8, 4) is 11.6 Å². The molecule has 0 fully saturated rings. The minimum atomic E-state index is -3.14. The van der Waals surface area contributed by atoms with Crippen LogP contribution in [-0.4, -0.2) is 42.3 Å². The minimum Gasteiger partial charge on any atom is -0.438 e. The lowest BCUT2D eigenvalue weighted by atomic mass is 10.0. The van der Waals surface area contributed by atoms with Gasteiger partial charge in [-0.25, -0.2) is 37.5 Å². The standard InChI is InChI=1S/C23H14F4N6O3/c24-10-2-4-15-14(7-10)31-22(35-15)18-16-12(29-9-30-16)5-6-33(18)23(34)19-17(20(26)27)32-21(36-19)13-3-1-11(25)8-28-13/h1-4,7-9,18,20H,5-6H2,(H,29,30)/t18-/m0/s1. The Morgan fingerprint density at radius 3 is 2.69 bits per heavy atom. The molecule has 0 spiro atoms. The summed E-state index contributed by atoms with van der Waals surface area (Å²) in [5.41, 5.74) is 0.702. The molecular formula is C23H14F4N6O3. The van der Waals surface area contributed by atoms with Crippen molar-refractivity contribution in [2.24, 2.45) is 0 Å². The number of halogens is 4. The molecule has 6 rings (SSSR count). The van der Waals surface area contributed by atoms with E-state index < -0.39 is 41.5 Å². The second-order valence-corrected chi connectivity index (χ2v) is 7.98. The van der Waals surface area contributed by atoms with Crippen LogP contribution in [0.15, 0.2) is 51.7 Å². The normalized spacial score (nSPS) is 15.6. The van der Waals surface area contributed by atoms with Gasteiger partial charge < -0.3 is 18.7 Å². The number of aromatic amines is 1. The SMILES string of the molecule is O=C(c1oc(-c2ccc(F)cn2)nc1C(F)F)N1CCc2[nH]cnc2[C@H]1c1nc2cc(F)ccc2o1. The monoisotopic (exact) mass is 498 g/mol. The van der Waals surface area contributed by atoms with Gasteiger partial charge in [0.05, 0.1) is 18.2 Å². The molecule has 1 aliphatic rings. The molecule has 0 unspecified atom stereocenters. The first-order valence-corrected chi connectivity index (χ1v) is 10.7. The number of H-pyrrole nitrogens is 1. The van der Waals surface area contributed by atoms with Crippen molar-refractivity contribution in [3.05, 3.63) is 83.2 Å². The van der Waals surface area contributed by atoms with Crippen molar-refractivity contribution >= 4 is 17.0 Å². The fourth-order valence-electron chi connectivity index (χ4n) is 4.16.